The van der Waals surface area contributed by atoms with Crippen LogP contribution < -0.4 is 9.47 Å². The molecule has 8 heteroatoms. The molecule has 2 heterocycles. The van der Waals surface area contributed by atoms with Gasteiger partial charge in [0.25, 0.3) is 10.1 Å². The number of thiophene rings is 1. The van der Waals surface area contributed by atoms with Crippen LogP contribution in [-0.2, 0) is 14.9 Å². The van der Waals surface area contributed by atoms with Gasteiger partial charge in [0.05, 0.1) is 11.9 Å². The molecule has 1 aliphatic heterocycles. The van der Waals surface area contributed by atoms with E-state index in [4.69, 9.17) is 14.2 Å². The molecule has 1 aromatic heterocycles. The summed E-state index contributed by atoms with van der Waals surface area (Å²) in [5.41, 5.74) is 0. The minimum atomic E-state index is -4.02. The Bertz CT molecular complexity index is 568. The Hall–Kier alpha value is -0.830. The minimum absolute atomic E-state index is 0.193. The lowest BCUT2D eigenvalue weighted by Gasteiger charge is -2.24. The number of fused-ring (bicyclic) bond motifs is 1. The Labute approximate surface area is 141 Å². The molecule has 0 saturated carbocycles. The van der Waals surface area contributed by atoms with Gasteiger partial charge in [-0.05, 0) is 12.8 Å². The smallest absolute Gasteiger partial charge is 0.267 e. The number of unbranched alkanes of at least 4 members (excludes halogenated alkanes) is 2. The third kappa shape index (κ3) is 5.95. The fourth-order valence-electron chi connectivity index (χ4n) is 2.44. The zero-order valence-electron chi connectivity index (χ0n) is 13.3. The average molecular weight is 364 g/mol. The van der Waals surface area contributed by atoms with Crippen LogP contribution in [0.15, 0.2) is 10.8 Å². The van der Waals surface area contributed by atoms with Gasteiger partial charge in [-0.15, -0.1) is 11.3 Å². The van der Waals surface area contributed by atoms with Crippen molar-refractivity contribution >= 4 is 21.5 Å². The van der Waals surface area contributed by atoms with Crippen molar-refractivity contribution in [2.75, 3.05) is 19.8 Å². The topological polar surface area (TPSA) is 82.1 Å². The van der Waals surface area contributed by atoms with Crippen molar-refractivity contribution in [1.82, 2.24) is 0 Å². The monoisotopic (exact) mass is 364 g/mol. The van der Waals surface area contributed by atoms with Gasteiger partial charge < -0.3 is 14.2 Å². The van der Waals surface area contributed by atoms with Crippen LogP contribution in [-0.4, -0.2) is 44.1 Å². The van der Waals surface area contributed by atoms with Gasteiger partial charge in [0, 0.05) is 17.4 Å². The first-order valence-electron chi connectivity index (χ1n) is 7.90. The van der Waals surface area contributed by atoms with Crippen LogP contribution in [0.4, 0.5) is 0 Å². The molecule has 0 saturated heterocycles. The van der Waals surface area contributed by atoms with Gasteiger partial charge in [-0.25, -0.2) is 0 Å². The van der Waals surface area contributed by atoms with E-state index in [1.807, 2.05) is 10.8 Å². The third-order valence-corrected chi connectivity index (χ3v) is 5.76. The van der Waals surface area contributed by atoms with Gasteiger partial charge in [0.2, 0.25) is 0 Å². The zero-order valence-corrected chi connectivity index (χ0v) is 14.9. The summed E-state index contributed by atoms with van der Waals surface area (Å²) in [5.74, 6) is 1.49. The molecule has 0 spiro atoms. The van der Waals surface area contributed by atoms with Crippen molar-refractivity contribution in [3.05, 3.63) is 10.8 Å². The normalized spacial score (nSPS) is 18.8. The van der Waals surface area contributed by atoms with E-state index in [0.717, 1.165) is 30.8 Å². The number of hydrogen-bond acceptors (Lipinski definition) is 6. The van der Waals surface area contributed by atoms with Crippen molar-refractivity contribution in [3.63, 3.8) is 0 Å². The maximum Gasteiger partial charge on any atom is 0.267 e. The van der Waals surface area contributed by atoms with Crippen molar-refractivity contribution in [2.24, 2.45) is 0 Å². The molecule has 1 aromatic rings. The van der Waals surface area contributed by atoms with Crippen LogP contribution >= 0.6 is 11.3 Å². The van der Waals surface area contributed by atoms with E-state index in [0.29, 0.717) is 26.1 Å². The molecule has 0 bridgehead atoms. The molecule has 0 amide bonds. The fourth-order valence-corrected chi connectivity index (χ4v) is 3.97. The lowest BCUT2D eigenvalue weighted by Crippen LogP contribution is -2.33. The van der Waals surface area contributed by atoms with Gasteiger partial charge in [-0.2, -0.15) is 8.42 Å². The van der Waals surface area contributed by atoms with E-state index in [-0.39, 0.29) is 12.7 Å². The number of ether oxygens (including phenoxy) is 3. The second kappa shape index (κ2) is 8.86. The van der Waals surface area contributed by atoms with Crippen molar-refractivity contribution in [2.45, 2.75) is 50.4 Å². The Balaban J connectivity index is 1.69. The van der Waals surface area contributed by atoms with Crippen molar-refractivity contribution < 1.29 is 27.2 Å². The van der Waals surface area contributed by atoms with Crippen LogP contribution in [0.5, 0.6) is 11.5 Å². The van der Waals surface area contributed by atoms with Crippen molar-refractivity contribution in [3.8, 4) is 11.5 Å². The summed E-state index contributed by atoms with van der Waals surface area (Å²) in [4.78, 5) is 0. The van der Waals surface area contributed by atoms with Crippen molar-refractivity contribution in [1.29, 1.82) is 0 Å². The maximum absolute atomic E-state index is 11.4. The number of hydrogen-bond donors (Lipinski definition) is 1. The summed E-state index contributed by atoms with van der Waals surface area (Å²) in [6, 6.07) is 0. The molecule has 23 heavy (non-hydrogen) atoms. The molecular formula is C15H24O6S2. The van der Waals surface area contributed by atoms with Crippen LogP contribution in [0.3, 0.4) is 0 Å². The molecule has 0 aromatic carbocycles. The first-order chi connectivity index (χ1) is 11.0. The summed E-state index contributed by atoms with van der Waals surface area (Å²) in [6.45, 7) is 3.08. The van der Waals surface area contributed by atoms with Gasteiger partial charge >= 0.3 is 0 Å². The predicted octanol–water partition coefficient (Wildman–Crippen LogP) is 3.13. The quantitative estimate of drug-likeness (QED) is 0.507. The van der Waals surface area contributed by atoms with Gasteiger partial charge in [0.15, 0.2) is 17.6 Å². The first kappa shape index (κ1) is 18.5. The highest BCUT2D eigenvalue weighted by molar-refractivity contribution is 7.86. The molecule has 132 valence electrons. The van der Waals surface area contributed by atoms with Gasteiger partial charge in [-0.3, -0.25) is 4.55 Å². The Morgan fingerprint density at radius 3 is 2.87 bits per heavy atom. The molecule has 2 rings (SSSR count). The van der Waals surface area contributed by atoms with Crippen LogP contribution in [0, 0.1) is 0 Å². The summed E-state index contributed by atoms with van der Waals surface area (Å²) in [7, 11) is -4.02. The summed E-state index contributed by atoms with van der Waals surface area (Å²) in [6.07, 6.45) is 3.33. The number of rotatable bonds is 10. The Morgan fingerprint density at radius 2 is 2.13 bits per heavy atom. The second-order valence-corrected chi connectivity index (χ2v) is 8.09. The van der Waals surface area contributed by atoms with Gasteiger partial charge in [0.1, 0.15) is 6.61 Å². The van der Waals surface area contributed by atoms with Gasteiger partial charge in [-0.1, -0.05) is 26.2 Å². The van der Waals surface area contributed by atoms with E-state index in [9.17, 15) is 13.0 Å². The SMILES string of the molecule is CCCCCC(CCOCC1COc2cscc2O1)S(=O)(=O)O. The maximum atomic E-state index is 11.4. The minimum Gasteiger partial charge on any atom is -0.485 e. The molecule has 1 N–H and O–H groups in total. The summed E-state index contributed by atoms with van der Waals surface area (Å²) >= 11 is 1.52. The first-order valence-corrected chi connectivity index (χ1v) is 10.3. The fraction of sp³-hybridized carbons (Fsp3) is 0.733. The average Bonchev–Trinajstić information content (AvgIpc) is 2.96. The summed E-state index contributed by atoms with van der Waals surface area (Å²) in [5, 5.41) is 3.02. The largest absolute Gasteiger partial charge is 0.485 e. The Morgan fingerprint density at radius 1 is 1.35 bits per heavy atom. The van der Waals surface area contributed by atoms with Crippen LogP contribution in [0.25, 0.3) is 0 Å². The summed E-state index contributed by atoms with van der Waals surface area (Å²) < 4.78 is 48.8. The van der Waals surface area contributed by atoms with E-state index in [2.05, 4.69) is 6.92 Å². The molecule has 2 unspecified atom stereocenters. The van der Waals surface area contributed by atoms with Crippen LogP contribution in [0.2, 0.25) is 0 Å². The molecule has 0 aliphatic carbocycles. The molecule has 0 fully saturated rings. The molecule has 2 atom stereocenters. The van der Waals surface area contributed by atoms with E-state index >= 15 is 0 Å². The molecule has 0 radical (unpaired) electrons. The molecular weight excluding hydrogens is 340 g/mol. The predicted molar refractivity (Wildman–Crippen MR) is 89.1 cm³/mol. The van der Waals surface area contributed by atoms with Crippen LogP contribution in [0.1, 0.15) is 39.0 Å². The highest BCUT2D eigenvalue weighted by Crippen LogP contribution is 2.35. The van der Waals surface area contributed by atoms with E-state index in [1.165, 1.54) is 11.3 Å². The highest BCUT2D eigenvalue weighted by atomic mass is 32.2. The Kier molecular flexibility index (Phi) is 7.13. The molecule has 1 aliphatic rings. The lowest BCUT2D eigenvalue weighted by atomic mass is 10.1. The van der Waals surface area contributed by atoms with E-state index in [1.54, 1.807) is 0 Å². The zero-order chi connectivity index (χ0) is 16.7. The van der Waals surface area contributed by atoms with E-state index < -0.39 is 15.4 Å². The second-order valence-electron chi connectivity index (χ2n) is 5.65. The lowest BCUT2D eigenvalue weighted by molar-refractivity contribution is 0.00849. The third-order valence-electron chi connectivity index (χ3n) is 3.75. The molecule has 6 nitrogen and oxygen atoms in total. The highest BCUT2D eigenvalue weighted by Gasteiger charge is 2.24. The standard InChI is InChI=1S/C15H24O6S2/c1-2-3-4-5-13(23(16,17)18)6-7-19-8-12-9-20-14-10-22-11-15(14)21-12/h10-13H,2-9H2,1H3,(H,16,17,18).